The number of aliphatic carboxylic acids is 1. The van der Waals surface area contributed by atoms with Crippen molar-refractivity contribution >= 4 is 11.9 Å². The average molecular weight is 253 g/mol. The van der Waals surface area contributed by atoms with Gasteiger partial charge in [-0.3, -0.25) is 4.79 Å². The number of hydrogen-bond acceptors (Lipinski definition) is 3. The number of nitrogens with one attached hydrogen (secondary N) is 1. The Hall–Kier alpha value is -1.31. The van der Waals surface area contributed by atoms with Gasteiger partial charge in [0.1, 0.15) is 0 Å². The molecular formula is C9H10F3NO4. The molecule has 1 amide bonds. The first kappa shape index (κ1) is 12.2. The molecule has 5 nitrogen and oxygen atoms in total. The first-order chi connectivity index (χ1) is 7.73. The minimum atomic E-state index is -4.93. The van der Waals surface area contributed by atoms with Crippen molar-refractivity contribution < 1.29 is 32.6 Å². The van der Waals surface area contributed by atoms with E-state index in [-0.39, 0.29) is 12.5 Å². The summed E-state index contributed by atoms with van der Waals surface area (Å²) in [7, 11) is 0. The van der Waals surface area contributed by atoms with Gasteiger partial charge in [-0.2, -0.15) is 13.2 Å². The zero-order valence-electron chi connectivity index (χ0n) is 8.58. The highest BCUT2D eigenvalue weighted by Gasteiger charge is 2.60. The van der Waals surface area contributed by atoms with E-state index in [4.69, 9.17) is 9.84 Å². The summed E-state index contributed by atoms with van der Waals surface area (Å²) in [5.74, 6) is -3.30. The molecule has 0 spiro atoms. The van der Waals surface area contributed by atoms with Crippen molar-refractivity contribution in [2.24, 2.45) is 5.92 Å². The molecule has 0 aromatic heterocycles. The van der Waals surface area contributed by atoms with Crippen molar-refractivity contribution in [3.05, 3.63) is 0 Å². The van der Waals surface area contributed by atoms with Gasteiger partial charge in [-0.15, -0.1) is 0 Å². The molecule has 3 rings (SSSR count). The fraction of sp³-hybridized carbons (Fsp3) is 0.778. The highest BCUT2D eigenvalue weighted by Crippen LogP contribution is 2.52. The number of alkyl halides is 3. The van der Waals surface area contributed by atoms with E-state index >= 15 is 0 Å². The summed E-state index contributed by atoms with van der Waals surface area (Å²) in [6.07, 6.45) is -5.13. The summed E-state index contributed by atoms with van der Waals surface area (Å²) < 4.78 is 40.9. The zero-order valence-corrected chi connectivity index (χ0v) is 8.58. The molecule has 2 heterocycles. The lowest BCUT2D eigenvalue weighted by molar-refractivity contribution is -0.175. The minimum absolute atomic E-state index is 0.157. The normalized spacial score (nSPS) is 35.2. The smallest absolute Gasteiger partial charge is 0.471 e. The number of amides is 1. The van der Waals surface area contributed by atoms with E-state index in [0.29, 0.717) is 12.8 Å². The van der Waals surface area contributed by atoms with Crippen LogP contribution in [-0.4, -0.2) is 41.4 Å². The van der Waals surface area contributed by atoms with Crippen molar-refractivity contribution in [1.29, 1.82) is 0 Å². The van der Waals surface area contributed by atoms with Gasteiger partial charge in [0, 0.05) is 12.5 Å². The van der Waals surface area contributed by atoms with Crippen molar-refractivity contribution in [2.75, 3.05) is 6.54 Å². The van der Waals surface area contributed by atoms with E-state index in [9.17, 15) is 22.8 Å². The maximum absolute atomic E-state index is 11.9. The highest BCUT2D eigenvalue weighted by atomic mass is 19.4. The van der Waals surface area contributed by atoms with Crippen molar-refractivity contribution in [2.45, 2.75) is 30.7 Å². The van der Waals surface area contributed by atoms with Gasteiger partial charge < -0.3 is 15.2 Å². The number of fused-ring (bicyclic) bond motifs is 1. The molecule has 0 radical (unpaired) electrons. The Morgan fingerprint density at radius 1 is 1.41 bits per heavy atom. The predicted octanol–water partition coefficient (Wildman–Crippen LogP) is 0.297. The van der Waals surface area contributed by atoms with Crippen LogP contribution >= 0.6 is 0 Å². The molecule has 2 bridgehead atoms. The van der Waals surface area contributed by atoms with Gasteiger partial charge in [0.25, 0.3) is 0 Å². The minimum Gasteiger partial charge on any atom is -0.479 e. The Bertz CT molecular complexity index is 362. The summed E-state index contributed by atoms with van der Waals surface area (Å²) >= 11 is 0. The Kier molecular flexibility index (Phi) is 2.57. The number of halogens is 3. The van der Waals surface area contributed by atoms with Gasteiger partial charge in [-0.25, -0.2) is 4.79 Å². The third kappa shape index (κ3) is 2.08. The number of ether oxygens (including phenoxy) is 1. The number of carbonyl (C=O) groups is 2. The molecule has 17 heavy (non-hydrogen) atoms. The Balaban J connectivity index is 1.87. The van der Waals surface area contributed by atoms with Crippen LogP contribution in [0, 0.1) is 5.92 Å². The molecule has 1 aliphatic carbocycles. The summed E-state index contributed by atoms with van der Waals surface area (Å²) in [6.45, 7) is -0.300. The van der Waals surface area contributed by atoms with Crippen LogP contribution in [0.5, 0.6) is 0 Å². The molecule has 96 valence electrons. The van der Waals surface area contributed by atoms with Crippen LogP contribution in [0.3, 0.4) is 0 Å². The molecule has 8 heteroatoms. The number of rotatable bonds is 3. The fourth-order valence-corrected chi connectivity index (χ4v) is 2.35. The van der Waals surface area contributed by atoms with Gasteiger partial charge in [-0.05, 0) is 12.8 Å². The maximum Gasteiger partial charge on any atom is 0.471 e. The van der Waals surface area contributed by atoms with Gasteiger partial charge >= 0.3 is 18.1 Å². The van der Waals surface area contributed by atoms with Gasteiger partial charge in [0.2, 0.25) is 0 Å². The topological polar surface area (TPSA) is 75.6 Å². The third-order valence-corrected chi connectivity index (χ3v) is 3.15. The van der Waals surface area contributed by atoms with Crippen molar-refractivity contribution in [1.82, 2.24) is 5.32 Å². The molecule has 2 saturated heterocycles. The summed E-state index contributed by atoms with van der Waals surface area (Å²) in [4.78, 5) is 21.3. The Labute approximate surface area is 93.9 Å². The first-order valence-electron chi connectivity index (χ1n) is 4.99. The summed E-state index contributed by atoms with van der Waals surface area (Å²) in [6, 6.07) is 0. The lowest BCUT2D eigenvalue weighted by atomic mass is 9.72. The number of carboxylic acids is 1. The van der Waals surface area contributed by atoms with Crippen LogP contribution in [0.25, 0.3) is 0 Å². The van der Waals surface area contributed by atoms with E-state index < -0.39 is 29.8 Å². The fourth-order valence-electron chi connectivity index (χ4n) is 2.35. The monoisotopic (exact) mass is 253 g/mol. The molecule has 1 saturated carbocycles. The predicted molar refractivity (Wildman–Crippen MR) is 47.0 cm³/mol. The third-order valence-electron chi connectivity index (χ3n) is 3.15. The largest absolute Gasteiger partial charge is 0.479 e. The Morgan fingerprint density at radius 2 is 2.00 bits per heavy atom. The SMILES string of the molecule is O=C(O)C1OC2(CNC(=O)C(F)(F)F)CC1C2. The molecule has 1 atom stereocenters. The van der Waals surface area contributed by atoms with E-state index in [2.05, 4.69) is 0 Å². The van der Waals surface area contributed by atoms with Crippen molar-refractivity contribution in [3.8, 4) is 0 Å². The lowest BCUT2D eigenvalue weighted by Gasteiger charge is -2.35. The van der Waals surface area contributed by atoms with Gasteiger partial charge in [0.05, 0.1) is 5.60 Å². The van der Waals surface area contributed by atoms with Gasteiger partial charge in [-0.1, -0.05) is 0 Å². The average Bonchev–Trinajstić information content (AvgIpc) is 2.66. The first-order valence-corrected chi connectivity index (χ1v) is 4.99. The molecule has 0 aromatic rings. The Morgan fingerprint density at radius 3 is 2.41 bits per heavy atom. The van der Waals surface area contributed by atoms with Crippen LogP contribution in [0.4, 0.5) is 13.2 Å². The molecule has 2 aliphatic heterocycles. The number of carbonyl (C=O) groups excluding carboxylic acids is 1. The van der Waals surface area contributed by atoms with Crippen LogP contribution in [0.2, 0.25) is 0 Å². The van der Waals surface area contributed by atoms with E-state index in [1.165, 1.54) is 0 Å². The van der Waals surface area contributed by atoms with Crippen LogP contribution in [-0.2, 0) is 14.3 Å². The standard InChI is InChI=1S/C9H10F3NO4/c10-9(11,12)7(16)13-3-8-1-4(2-8)5(17-8)6(14)15/h4-5H,1-3H2,(H,13,16)(H,14,15). The maximum atomic E-state index is 11.9. The zero-order chi connectivity index (χ0) is 12.8. The summed E-state index contributed by atoms with van der Waals surface area (Å²) in [5.41, 5.74) is -0.922. The second-order valence-electron chi connectivity index (χ2n) is 4.41. The lowest BCUT2D eigenvalue weighted by Crippen LogP contribution is -2.50. The molecule has 3 aliphatic rings. The molecular weight excluding hydrogens is 243 g/mol. The quantitative estimate of drug-likeness (QED) is 0.758. The van der Waals surface area contributed by atoms with E-state index in [1.54, 1.807) is 5.32 Å². The number of carboxylic acid groups (broad SMARTS) is 1. The molecule has 3 fully saturated rings. The van der Waals surface area contributed by atoms with E-state index in [0.717, 1.165) is 0 Å². The van der Waals surface area contributed by atoms with E-state index in [1.807, 2.05) is 0 Å². The van der Waals surface area contributed by atoms with Crippen molar-refractivity contribution in [3.63, 3.8) is 0 Å². The second-order valence-corrected chi connectivity index (χ2v) is 4.41. The molecule has 1 unspecified atom stereocenters. The van der Waals surface area contributed by atoms with Gasteiger partial charge in [0.15, 0.2) is 6.10 Å². The van der Waals surface area contributed by atoms with Crippen LogP contribution < -0.4 is 5.32 Å². The summed E-state index contributed by atoms with van der Waals surface area (Å²) in [5, 5.41) is 10.5. The molecule has 2 N–H and O–H groups in total. The number of hydrogen-bond donors (Lipinski definition) is 2. The molecule has 0 aromatic carbocycles. The highest BCUT2D eigenvalue weighted by molar-refractivity contribution is 5.81. The second kappa shape index (κ2) is 3.59. The van der Waals surface area contributed by atoms with Crippen LogP contribution in [0.1, 0.15) is 12.8 Å². The van der Waals surface area contributed by atoms with Crippen LogP contribution in [0.15, 0.2) is 0 Å².